The molecule has 0 amide bonds. The quantitative estimate of drug-likeness (QED) is 0.609. The molecule has 3 aromatic rings. The molecule has 0 saturated carbocycles. The molecule has 27 heavy (non-hydrogen) atoms. The van der Waals surface area contributed by atoms with Crippen molar-refractivity contribution in [3.8, 4) is 0 Å². The lowest BCUT2D eigenvalue weighted by Gasteiger charge is -2.40. The number of piperidine rings is 1. The van der Waals surface area contributed by atoms with Crippen molar-refractivity contribution in [2.45, 2.75) is 31.8 Å². The number of fused-ring (bicyclic) bond motifs is 1. The standard InChI is InChI=1S/C23H27N3.ClH/c1-18(19-8-4-3-5-9-19)26-16-13-20(14-17-26)25(2)23-12-15-24-22-11-7-6-10-21(22)23;/h3-12,15,18,20H,13-14,16-17H2,1-2H3;1H. The van der Waals surface area contributed by atoms with E-state index in [0.29, 0.717) is 12.1 Å². The topological polar surface area (TPSA) is 19.4 Å². The van der Waals surface area contributed by atoms with E-state index in [9.17, 15) is 0 Å². The van der Waals surface area contributed by atoms with Gasteiger partial charge in [-0.2, -0.15) is 0 Å². The van der Waals surface area contributed by atoms with Gasteiger partial charge in [0.15, 0.2) is 0 Å². The largest absolute Gasteiger partial charge is 0.371 e. The van der Waals surface area contributed by atoms with Crippen LogP contribution in [0.25, 0.3) is 10.9 Å². The molecule has 0 radical (unpaired) electrons. The van der Waals surface area contributed by atoms with Crippen molar-refractivity contribution in [3.63, 3.8) is 0 Å². The van der Waals surface area contributed by atoms with Crippen molar-refractivity contribution in [2.75, 3.05) is 25.0 Å². The highest BCUT2D eigenvalue weighted by atomic mass is 35.5. The number of aromatic nitrogens is 1. The summed E-state index contributed by atoms with van der Waals surface area (Å²) >= 11 is 0. The van der Waals surface area contributed by atoms with E-state index in [0.717, 1.165) is 18.6 Å². The van der Waals surface area contributed by atoms with Crippen LogP contribution in [-0.4, -0.2) is 36.1 Å². The lowest BCUT2D eigenvalue weighted by atomic mass is 9.98. The highest BCUT2D eigenvalue weighted by molar-refractivity contribution is 5.91. The number of halogens is 1. The minimum Gasteiger partial charge on any atom is -0.371 e. The van der Waals surface area contributed by atoms with Gasteiger partial charge < -0.3 is 4.90 Å². The lowest BCUT2D eigenvalue weighted by molar-refractivity contribution is 0.162. The second kappa shape index (κ2) is 8.73. The van der Waals surface area contributed by atoms with E-state index in [1.54, 1.807) is 0 Å². The SMILES string of the molecule is CC(c1ccccc1)N1CCC(N(C)c2ccnc3ccccc23)CC1.Cl. The van der Waals surface area contributed by atoms with Crippen molar-refractivity contribution in [2.24, 2.45) is 0 Å². The molecule has 1 aliphatic rings. The molecule has 1 aromatic heterocycles. The molecule has 2 aromatic carbocycles. The van der Waals surface area contributed by atoms with Crippen LogP contribution in [0.3, 0.4) is 0 Å². The molecule has 1 aliphatic heterocycles. The molecule has 1 atom stereocenters. The van der Waals surface area contributed by atoms with Gasteiger partial charge in [-0.3, -0.25) is 9.88 Å². The molecule has 2 heterocycles. The minimum absolute atomic E-state index is 0. The molecule has 1 unspecified atom stereocenters. The highest BCUT2D eigenvalue weighted by Crippen LogP contribution is 2.30. The van der Waals surface area contributed by atoms with Gasteiger partial charge in [-0.15, -0.1) is 12.4 Å². The molecule has 0 N–H and O–H groups in total. The summed E-state index contributed by atoms with van der Waals surface area (Å²) in [5, 5.41) is 1.25. The summed E-state index contributed by atoms with van der Waals surface area (Å²) in [5.41, 5.74) is 3.79. The number of anilines is 1. The van der Waals surface area contributed by atoms with E-state index in [1.807, 2.05) is 6.20 Å². The molecular weight excluding hydrogens is 354 g/mol. The van der Waals surface area contributed by atoms with Gasteiger partial charge in [0.1, 0.15) is 0 Å². The molecular formula is C23H28ClN3. The Morgan fingerprint density at radius 3 is 2.37 bits per heavy atom. The summed E-state index contributed by atoms with van der Waals surface area (Å²) in [6, 6.07) is 22.5. The molecule has 0 aliphatic carbocycles. The molecule has 0 bridgehead atoms. The number of likely N-dealkylation sites (tertiary alicyclic amines) is 1. The summed E-state index contributed by atoms with van der Waals surface area (Å²) < 4.78 is 0. The van der Waals surface area contributed by atoms with Gasteiger partial charge >= 0.3 is 0 Å². The van der Waals surface area contributed by atoms with Gasteiger partial charge in [0.25, 0.3) is 0 Å². The third kappa shape index (κ3) is 4.10. The van der Waals surface area contributed by atoms with E-state index in [2.05, 4.69) is 89.4 Å². The second-order valence-electron chi connectivity index (χ2n) is 7.31. The number of para-hydroxylation sites is 1. The zero-order valence-corrected chi connectivity index (χ0v) is 16.9. The number of hydrogen-bond donors (Lipinski definition) is 0. The van der Waals surface area contributed by atoms with Crippen molar-refractivity contribution >= 4 is 29.0 Å². The third-order valence-electron chi connectivity index (χ3n) is 5.88. The predicted octanol–water partition coefficient (Wildman–Crippen LogP) is 5.32. The molecule has 3 nitrogen and oxygen atoms in total. The fourth-order valence-corrected chi connectivity index (χ4v) is 4.19. The molecule has 0 spiro atoms. The lowest BCUT2D eigenvalue weighted by Crippen LogP contribution is -2.44. The van der Waals surface area contributed by atoms with Crippen molar-refractivity contribution in [3.05, 3.63) is 72.4 Å². The smallest absolute Gasteiger partial charge is 0.0722 e. The molecule has 1 fully saturated rings. The van der Waals surface area contributed by atoms with Crippen molar-refractivity contribution in [1.29, 1.82) is 0 Å². The zero-order chi connectivity index (χ0) is 17.9. The van der Waals surface area contributed by atoms with Gasteiger partial charge in [-0.05, 0) is 37.5 Å². The fourth-order valence-electron chi connectivity index (χ4n) is 4.19. The maximum atomic E-state index is 4.50. The number of benzene rings is 2. The Labute approximate surface area is 168 Å². The van der Waals surface area contributed by atoms with E-state index >= 15 is 0 Å². The van der Waals surface area contributed by atoms with Crippen LogP contribution in [0.15, 0.2) is 66.9 Å². The summed E-state index contributed by atoms with van der Waals surface area (Å²) in [6.07, 6.45) is 4.33. The van der Waals surface area contributed by atoms with Gasteiger partial charge in [-0.1, -0.05) is 48.5 Å². The monoisotopic (exact) mass is 381 g/mol. The Kier molecular flexibility index (Phi) is 6.35. The summed E-state index contributed by atoms with van der Waals surface area (Å²) in [4.78, 5) is 9.59. The Bertz CT molecular complexity index is 854. The van der Waals surface area contributed by atoms with Gasteiger partial charge in [0, 0.05) is 49.5 Å². The number of pyridine rings is 1. The van der Waals surface area contributed by atoms with E-state index in [1.165, 1.54) is 29.5 Å². The van der Waals surface area contributed by atoms with Gasteiger partial charge in [0.05, 0.1) is 5.52 Å². The first kappa shape index (κ1) is 19.7. The number of nitrogens with zero attached hydrogens (tertiary/aromatic N) is 3. The van der Waals surface area contributed by atoms with Crippen LogP contribution in [0.4, 0.5) is 5.69 Å². The first-order valence-electron chi connectivity index (χ1n) is 9.59. The van der Waals surface area contributed by atoms with E-state index < -0.39 is 0 Å². The first-order valence-corrected chi connectivity index (χ1v) is 9.59. The third-order valence-corrected chi connectivity index (χ3v) is 5.88. The summed E-state index contributed by atoms with van der Waals surface area (Å²) in [6.45, 7) is 4.62. The van der Waals surface area contributed by atoms with Crippen LogP contribution >= 0.6 is 12.4 Å². The normalized spacial score (nSPS) is 16.7. The van der Waals surface area contributed by atoms with Crippen LogP contribution in [0.2, 0.25) is 0 Å². The highest BCUT2D eigenvalue weighted by Gasteiger charge is 2.26. The fraction of sp³-hybridized carbons (Fsp3) is 0.348. The van der Waals surface area contributed by atoms with Crippen LogP contribution in [0.1, 0.15) is 31.4 Å². The average molecular weight is 382 g/mol. The van der Waals surface area contributed by atoms with Crippen molar-refractivity contribution < 1.29 is 0 Å². The maximum Gasteiger partial charge on any atom is 0.0722 e. The average Bonchev–Trinajstić information content (AvgIpc) is 2.73. The molecule has 4 heteroatoms. The summed E-state index contributed by atoms with van der Waals surface area (Å²) in [5.74, 6) is 0. The Morgan fingerprint density at radius 2 is 1.63 bits per heavy atom. The predicted molar refractivity (Wildman–Crippen MR) is 117 cm³/mol. The van der Waals surface area contributed by atoms with Crippen LogP contribution in [0.5, 0.6) is 0 Å². The summed E-state index contributed by atoms with van der Waals surface area (Å²) in [7, 11) is 2.24. The Hall–Kier alpha value is -2.10. The first-order chi connectivity index (χ1) is 12.7. The van der Waals surface area contributed by atoms with Crippen LogP contribution < -0.4 is 4.90 Å². The van der Waals surface area contributed by atoms with Gasteiger partial charge in [-0.25, -0.2) is 0 Å². The van der Waals surface area contributed by atoms with Crippen LogP contribution in [-0.2, 0) is 0 Å². The molecule has 1 saturated heterocycles. The zero-order valence-electron chi connectivity index (χ0n) is 16.1. The van der Waals surface area contributed by atoms with Crippen molar-refractivity contribution in [1.82, 2.24) is 9.88 Å². The number of rotatable bonds is 4. The van der Waals surface area contributed by atoms with Gasteiger partial charge in [0.2, 0.25) is 0 Å². The maximum absolute atomic E-state index is 4.50. The Balaban J connectivity index is 0.00000210. The molecule has 4 rings (SSSR count). The number of hydrogen-bond acceptors (Lipinski definition) is 3. The second-order valence-corrected chi connectivity index (χ2v) is 7.31. The van der Waals surface area contributed by atoms with Crippen LogP contribution in [0, 0.1) is 0 Å². The Morgan fingerprint density at radius 1 is 0.963 bits per heavy atom. The van der Waals surface area contributed by atoms with E-state index in [4.69, 9.17) is 0 Å². The minimum atomic E-state index is 0. The molecule has 142 valence electrons. The van der Waals surface area contributed by atoms with E-state index in [-0.39, 0.29) is 12.4 Å².